The predicted molar refractivity (Wildman–Crippen MR) is 133 cm³/mol. The summed E-state index contributed by atoms with van der Waals surface area (Å²) in [5, 5.41) is 10.5. The van der Waals surface area contributed by atoms with E-state index in [1.54, 1.807) is 17.1 Å². The van der Waals surface area contributed by atoms with Gasteiger partial charge >= 0.3 is 6.18 Å². The Labute approximate surface area is 214 Å². The van der Waals surface area contributed by atoms with Crippen LogP contribution in [0.2, 0.25) is 0 Å². The minimum absolute atomic E-state index is 0.206. The van der Waals surface area contributed by atoms with Crippen molar-refractivity contribution in [1.82, 2.24) is 9.84 Å². The first-order chi connectivity index (χ1) is 17.6. The molecule has 0 radical (unpaired) electrons. The summed E-state index contributed by atoms with van der Waals surface area (Å²) in [4.78, 5) is 2.27. The van der Waals surface area contributed by atoms with Crippen molar-refractivity contribution in [3.63, 3.8) is 0 Å². The van der Waals surface area contributed by atoms with Crippen molar-refractivity contribution >= 4 is 10.0 Å². The average Bonchev–Trinajstić information content (AvgIpc) is 3.33. The van der Waals surface area contributed by atoms with Crippen LogP contribution < -0.4 is 9.57 Å². The van der Waals surface area contributed by atoms with Crippen molar-refractivity contribution in [3.05, 3.63) is 83.9 Å². The number of nitrogens with one attached hydrogen (secondary N) is 1. The number of nitrogens with zero attached hydrogens (tertiary/aromatic N) is 2. The van der Waals surface area contributed by atoms with Crippen LogP contribution in [0.25, 0.3) is 11.1 Å². The maximum atomic E-state index is 12.7. The average molecular weight is 530 g/mol. The van der Waals surface area contributed by atoms with Crippen molar-refractivity contribution in [2.45, 2.75) is 30.3 Å². The van der Waals surface area contributed by atoms with Gasteiger partial charge in [0.2, 0.25) is 0 Å². The van der Waals surface area contributed by atoms with E-state index in [1.165, 1.54) is 0 Å². The van der Waals surface area contributed by atoms with Gasteiger partial charge in [0.25, 0.3) is 10.0 Å². The summed E-state index contributed by atoms with van der Waals surface area (Å²) >= 11 is 0. The molecule has 1 heterocycles. The zero-order valence-corrected chi connectivity index (χ0v) is 20.7. The summed E-state index contributed by atoms with van der Waals surface area (Å²) in [6.07, 6.45) is -2.03. The van der Waals surface area contributed by atoms with Crippen LogP contribution >= 0.6 is 0 Å². The second-order valence-electron chi connectivity index (χ2n) is 8.92. The standard InChI is InChI=1S/C27H26F3N3O3S/c28-27(29,30)24-9-13-26(14-10-24)37(34,35)32-33-16-15-21(19-33)2-1-17-36-25-11-7-23(8-12-25)22-5-3-20(18-31)4-6-22/h3-14,21,32H,1-2,15-17,19H2/t21-/m1/s1. The predicted octanol–water partition coefficient (Wildman–Crippen LogP) is 5.62. The molecule has 3 aromatic rings. The smallest absolute Gasteiger partial charge is 0.416 e. The van der Waals surface area contributed by atoms with Gasteiger partial charge in [0.1, 0.15) is 5.75 Å². The number of hydrogen-bond acceptors (Lipinski definition) is 5. The monoisotopic (exact) mass is 529 g/mol. The molecule has 0 saturated carbocycles. The Balaban J connectivity index is 1.19. The quantitative estimate of drug-likeness (QED) is 0.364. The van der Waals surface area contributed by atoms with Gasteiger partial charge in [-0.2, -0.15) is 18.4 Å². The molecular weight excluding hydrogens is 503 g/mol. The van der Waals surface area contributed by atoms with Gasteiger partial charge in [-0.05, 0) is 84.8 Å². The van der Waals surface area contributed by atoms with Crippen LogP contribution in [0.3, 0.4) is 0 Å². The van der Waals surface area contributed by atoms with Crippen LogP contribution in [0.4, 0.5) is 13.2 Å². The Bertz CT molecular complexity index is 1340. The summed E-state index contributed by atoms with van der Waals surface area (Å²) in [5.41, 5.74) is 1.77. The molecule has 0 aromatic heterocycles. The molecule has 194 valence electrons. The summed E-state index contributed by atoms with van der Waals surface area (Å²) in [6, 6.07) is 20.7. The fourth-order valence-electron chi connectivity index (χ4n) is 4.24. The van der Waals surface area contributed by atoms with E-state index >= 15 is 0 Å². The van der Waals surface area contributed by atoms with Gasteiger partial charge in [0, 0.05) is 13.1 Å². The highest BCUT2D eigenvalue weighted by atomic mass is 32.2. The van der Waals surface area contributed by atoms with Gasteiger partial charge in [0.05, 0.1) is 28.7 Å². The molecule has 0 amide bonds. The minimum atomic E-state index is -4.52. The number of rotatable bonds is 9. The Kier molecular flexibility index (Phi) is 8.17. The van der Waals surface area contributed by atoms with Gasteiger partial charge in [-0.1, -0.05) is 24.3 Å². The first-order valence-corrected chi connectivity index (χ1v) is 13.3. The highest BCUT2D eigenvalue weighted by Crippen LogP contribution is 2.30. The molecule has 0 spiro atoms. The maximum Gasteiger partial charge on any atom is 0.416 e. The summed E-state index contributed by atoms with van der Waals surface area (Å²) in [5.74, 6) is 1.05. The second kappa shape index (κ2) is 11.3. The van der Waals surface area contributed by atoms with Crippen molar-refractivity contribution in [2.24, 2.45) is 5.92 Å². The molecule has 1 N–H and O–H groups in total. The molecular formula is C27H26F3N3O3S. The van der Waals surface area contributed by atoms with Crippen molar-refractivity contribution < 1.29 is 26.3 Å². The first-order valence-electron chi connectivity index (χ1n) is 11.8. The number of sulfonamides is 1. The summed E-state index contributed by atoms with van der Waals surface area (Å²) in [7, 11) is -3.95. The van der Waals surface area contributed by atoms with Gasteiger partial charge in [0.15, 0.2) is 0 Å². The Morgan fingerprint density at radius 1 is 0.973 bits per heavy atom. The van der Waals surface area contributed by atoms with E-state index in [9.17, 15) is 21.6 Å². The van der Waals surface area contributed by atoms with E-state index in [0.717, 1.165) is 60.4 Å². The fraction of sp³-hybridized carbons (Fsp3) is 0.296. The number of alkyl halides is 3. The van der Waals surface area contributed by atoms with Gasteiger partial charge < -0.3 is 4.74 Å². The minimum Gasteiger partial charge on any atom is -0.494 e. The molecule has 0 unspecified atom stereocenters. The normalized spacial score (nSPS) is 16.4. The molecule has 4 rings (SSSR count). The number of hydrogen-bond donors (Lipinski definition) is 1. The van der Waals surface area contributed by atoms with Crippen LogP contribution in [0.1, 0.15) is 30.4 Å². The lowest BCUT2D eigenvalue weighted by atomic mass is 10.0. The van der Waals surface area contributed by atoms with Crippen LogP contribution in [-0.4, -0.2) is 33.1 Å². The van der Waals surface area contributed by atoms with Crippen molar-refractivity contribution in [3.8, 4) is 22.9 Å². The lowest BCUT2D eigenvalue weighted by molar-refractivity contribution is -0.137. The molecule has 1 fully saturated rings. The Morgan fingerprint density at radius 3 is 2.19 bits per heavy atom. The Hall–Kier alpha value is -3.39. The van der Waals surface area contributed by atoms with E-state index in [2.05, 4.69) is 10.9 Å². The van der Waals surface area contributed by atoms with Crippen LogP contribution in [-0.2, 0) is 16.2 Å². The number of ether oxygens (including phenoxy) is 1. The lowest BCUT2D eigenvalue weighted by Crippen LogP contribution is -2.40. The van der Waals surface area contributed by atoms with E-state index < -0.39 is 21.8 Å². The number of hydrazine groups is 1. The van der Waals surface area contributed by atoms with Crippen LogP contribution in [0.5, 0.6) is 5.75 Å². The molecule has 0 bridgehead atoms. The molecule has 1 saturated heterocycles. The third-order valence-corrected chi connectivity index (χ3v) is 7.65. The molecule has 3 aromatic carbocycles. The third kappa shape index (κ3) is 7.10. The van der Waals surface area contributed by atoms with Crippen LogP contribution in [0.15, 0.2) is 77.7 Å². The molecule has 6 nitrogen and oxygen atoms in total. The zero-order valence-electron chi connectivity index (χ0n) is 19.9. The number of halogens is 3. The fourth-order valence-corrected chi connectivity index (χ4v) is 5.35. The van der Waals surface area contributed by atoms with E-state index in [4.69, 9.17) is 10.00 Å². The van der Waals surface area contributed by atoms with Gasteiger partial charge in [-0.25, -0.2) is 13.4 Å². The van der Waals surface area contributed by atoms with E-state index in [0.29, 0.717) is 25.3 Å². The van der Waals surface area contributed by atoms with Crippen LogP contribution in [0, 0.1) is 17.2 Å². The SMILES string of the molecule is N#Cc1ccc(-c2ccc(OCCC[C@@H]3CCN(NS(=O)(=O)c4ccc(C(F)(F)F)cc4)C3)cc2)cc1. The summed E-state index contributed by atoms with van der Waals surface area (Å²) in [6.45, 7) is 1.59. The lowest BCUT2D eigenvalue weighted by Gasteiger charge is -2.18. The topological polar surface area (TPSA) is 82.4 Å². The highest BCUT2D eigenvalue weighted by Gasteiger charge is 2.31. The molecule has 1 aliphatic heterocycles. The summed E-state index contributed by atoms with van der Waals surface area (Å²) < 4.78 is 69.1. The van der Waals surface area contributed by atoms with Crippen molar-refractivity contribution in [2.75, 3.05) is 19.7 Å². The van der Waals surface area contributed by atoms with E-state index in [-0.39, 0.29) is 10.8 Å². The zero-order chi connectivity index (χ0) is 26.5. The molecule has 0 aliphatic carbocycles. The molecule has 1 atom stereocenters. The Morgan fingerprint density at radius 2 is 1.59 bits per heavy atom. The van der Waals surface area contributed by atoms with Gasteiger partial charge in [-0.3, -0.25) is 0 Å². The molecule has 1 aliphatic rings. The second-order valence-corrected chi connectivity index (χ2v) is 10.6. The van der Waals surface area contributed by atoms with Gasteiger partial charge in [-0.15, -0.1) is 4.83 Å². The first kappa shape index (κ1) is 26.7. The molecule has 10 heteroatoms. The maximum absolute atomic E-state index is 12.7. The van der Waals surface area contributed by atoms with E-state index in [1.807, 2.05) is 36.4 Å². The molecule has 37 heavy (non-hydrogen) atoms. The number of benzene rings is 3. The highest BCUT2D eigenvalue weighted by molar-refractivity contribution is 7.89. The largest absolute Gasteiger partial charge is 0.494 e. The third-order valence-electron chi connectivity index (χ3n) is 6.25. The van der Waals surface area contributed by atoms with Crippen molar-refractivity contribution in [1.29, 1.82) is 5.26 Å². The number of nitriles is 1.